The molecule has 0 amide bonds. The fraction of sp³-hybridized carbons (Fsp3) is 0.0308. The molecular weight excluding hydrogens is 1670 g/mol. The first-order chi connectivity index (χ1) is 68.2. The molecule has 0 N–H and O–H groups in total. The van der Waals surface area contributed by atoms with Crippen molar-refractivity contribution < 1.29 is 0 Å². The summed E-state index contributed by atoms with van der Waals surface area (Å²) < 4.78 is 19.2. The molecule has 0 saturated heterocycles. The molecule has 0 fully saturated rings. The van der Waals surface area contributed by atoms with Crippen LogP contribution >= 0.6 is 0 Å². The summed E-state index contributed by atoms with van der Waals surface area (Å²) in [6, 6.07) is 175. The number of para-hydroxylation sites is 9. The largest absolute Gasteiger partial charge is 0.342 e. The van der Waals surface area contributed by atoms with Crippen LogP contribution in [0.4, 0.5) is 0 Å². The van der Waals surface area contributed by atoms with Crippen LogP contribution in [-0.4, -0.2) is 36.5 Å². The van der Waals surface area contributed by atoms with Gasteiger partial charge in [-0.15, -0.1) is 0 Å². The van der Waals surface area contributed by atoms with Crippen molar-refractivity contribution in [3.05, 3.63) is 485 Å². The number of hydrogen-bond donors (Lipinski definition) is 0. The maximum Gasteiger partial charge on any atom is 0.0785 e. The highest BCUT2D eigenvalue weighted by Crippen LogP contribution is 2.47. The van der Waals surface area contributed by atoms with Crippen molar-refractivity contribution in [1.82, 2.24) is 36.5 Å². The number of aryl methyl sites for hydroxylation is 4. The molecule has 8 heterocycles. The van der Waals surface area contributed by atoms with Gasteiger partial charge in [-0.25, -0.2) is 0 Å². The van der Waals surface area contributed by atoms with Crippen LogP contribution in [0.15, 0.2) is 485 Å². The molecule has 138 heavy (non-hydrogen) atoms. The molecule has 0 saturated carbocycles. The maximum absolute atomic E-state index is 2.48. The second kappa shape index (κ2) is 33.0. The van der Waals surface area contributed by atoms with Crippen LogP contribution < -0.4 is 0 Å². The molecule has 652 valence electrons. The van der Waals surface area contributed by atoms with Gasteiger partial charge in [0.25, 0.3) is 0 Å². The molecule has 0 aliphatic heterocycles. The molecule has 29 rings (SSSR count). The highest BCUT2D eigenvalue weighted by Gasteiger charge is 2.26. The van der Waals surface area contributed by atoms with Gasteiger partial charge in [-0.2, -0.15) is 0 Å². The van der Waals surface area contributed by atoms with E-state index in [1.54, 1.807) is 0 Å². The van der Waals surface area contributed by atoms with E-state index in [-0.39, 0.29) is 0 Å². The molecule has 0 unspecified atom stereocenters. The molecule has 0 radical (unpaired) electrons. The Hall–Kier alpha value is -18.0. The highest BCUT2D eigenvalue weighted by molar-refractivity contribution is 6.28. The lowest BCUT2D eigenvalue weighted by molar-refractivity contribution is 1.01. The van der Waals surface area contributed by atoms with Gasteiger partial charge in [0.1, 0.15) is 0 Å². The minimum atomic E-state index is 1.17. The van der Waals surface area contributed by atoms with E-state index in [1.165, 1.54) is 253 Å². The molecule has 8 aromatic heterocycles. The van der Waals surface area contributed by atoms with Gasteiger partial charge in [0.2, 0.25) is 0 Å². The van der Waals surface area contributed by atoms with Gasteiger partial charge in [0.15, 0.2) is 0 Å². The smallest absolute Gasteiger partial charge is 0.0785 e. The van der Waals surface area contributed by atoms with Gasteiger partial charge in [0.05, 0.1) is 66.2 Å². The summed E-state index contributed by atoms with van der Waals surface area (Å²) in [6.45, 7) is 0. The monoisotopic (exact) mass is 1760 g/mol. The van der Waals surface area contributed by atoms with Crippen molar-refractivity contribution in [2.75, 3.05) is 0 Å². The third-order valence-corrected chi connectivity index (χ3v) is 28.9. The van der Waals surface area contributed by atoms with E-state index in [0.717, 1.165) is 0 Å². The van der Waals surface area contributed by atoms with Crippen molar-refractivity contribution in [3.8, 4) is 78.4 Å². The van der Waals surface area contributed by atoms with E-state index >= 15 is 0 Å². The van der Waals surface area contributed by atoms with Crippen LogP contribution in [-0.2, 0) is 28.2 Å². The summed E-state index contributed by atoms with van der Waals surface area (Å²) >= 11 is 0. The summed E-state index contributed by atoms with van der Waals surface area (Å²) in [5, 5.41) is 20.6. The molecule has 0 atom stereocenters. The van der Waals surface area contributed by atoms with Gasteiger partial charge < -0.3 is 36.5 Å². The van der Waals surface area contributed by atoms with E-state index in [1.807, 2.05) is 0 Å². The number of aromatic nitrogens is 8. The number of rotatable bonds is 9. The summed E-state index contributed by atoms with van der Waals surface area (Å²) in [5.74, 6) is 0. The molecule has 29 aromatic rings. The van der Waals surface area contributed by atoms with Crippen LogP contribution in [0.3, 0.4) is 0 Å². The Kier molecular flexibility index (Phi) is 19.4. The Morgan fingerprint density at radius 2 is 0.275 bits per heavy atom. The van der Waals surface area contributed by atoms with Crippen LogP contribution in [0, 0.1) is 0 Å². The zero-order chi connectivity index (χ0) is 91.7. The summed E-state index contributed by atoms with van der Waals surface area (Å²) in [5.41, 5.74) is 37.0. The first-order valence-electron chi connectivity index (χ1n) is 47.5. The lowest BCUT2D eigenvalue weighted by Gasteiger charge is -2.15. The van der Waals surface area contributed by atoms with Gasteiger partial charge in [-0.1, -0.05) is 382 Å². The van der Waals surface area contributed by atoms with Crippen molar-refractivity contribution in [2.24, 2.45) is 28.2 Å². The topological polar surface area (TPSA) is 39.4 Å². The van der Waals surface area contributed by atoms with Gasteiger partial charge in [-0.3, -0.25) is 0 Å². The van der Waals surface area contributed by atoms with Gasteiger partial charge in [-0.05, 0) is 159 Å². The second-order valence-corrected chi connectivity index (χ2v) is 36.4. The predicted octanol–water partition coefficient (Wildman–Crippen LogP) is 34.0. The zero-order valence-electron chi connectivity index (χ0n) is 76.8. The normalized spacial score (nSPS) is 11.8. The minimum absolute atomic E-state index is 1.17. The SMILES string of the molecule is Cn1c2ccccc2c2ccc3c4ccccc4n(-c4cc(-c5ccccc5)cc(-c5ccccc5)c4)c3c21.Cn1c2ccccc2c2ccc3c4ccccc4n(-c4ccc(-c5ccc(-c6ccccc6)cc5)cc4)c3c21.Cn1c2ccccc2c2ccc3c4ccccc4n(-c4ccc(-c5ccccc5)cc4)c3c21.Cn1c2ccccc2c2ccc3c4ccccc4n(-c4ccccc4)c3c21. The predicted molar refractivity (Wildman–Crippen MR) is 586 cm³/mol. The van der Waals surface area contributed by atoms with Crippen LogP contribution in [0.25, 0.3) is 253 Å². The van der Waals surface area contributed by atoms with Crippen LogP contribution in [0.2, 0.25) is 0 Å². The molecule has 21 aromatic carbocycles. The zero-order valence-corrected chi connectivity index (χ0v) is 76.8. The summed E-state index contributed by atoms with van der Waals surface area (Å²) in [7, 11) is 8.75. The number of fused-ring (bicyclic) bond motifs is 28. The number of nitrogens with zero attached hydrogens (tertiary/aromatic N) is 8. The quantitative estimate of drug-likeness (QED) is 0.138. The third kappa shape index (κ3) is 13.0. The van der Waals surface area contributed by atoms with Crippen LogP contribution in [0.5, 0.6) is 0 Å². The van der Waals surface area contributed by atoms with Gasteiger partial charge in [0, 0.05) is 159 Å². The molecule has 8 nitrogen and oxygen atoms in total. The minimum Gasteiger partial charge on any atom is -0.342 e. The lowest BCUT2D eigenvalue weighted by Crippen LogP contribution is -1.98. The summed E-state index contributed by atoms with van der Waals surface area (Å²) in [4.78, 5) is 0. The van der Waals surface area contributed by atoms with E-state index < -0.39 is 0 Å². The Morgan fingerprint density at radius 3 is 0.522 bits per heavy atom. The average Bonchev–Trinajstić information content (AvgIpc) is 1.57. The van der Waals surface area contributed by atoms with Crippen LogP contribution in [0.1, 0.15) is 0 Å². The Morgan fingerprint density at radius 1 is 0.109 bits per heavy atom. The lowest BCUT2D eigenvalue weighted by atomic mass is 9.98. The van der Waals surface area contributed by atoms with E-state index in [0.29, 0.717) is 0 Å². The van der Waals surface area contributed by atoms with Gasteiger partial charge >= 0.3 is 0 Å². The molecule has 8 heteroatoms. The van der Waals surface area contributed by atoms with Crippen molar-refractivity contribution in [2.45, 2.75) is 0 Å². The summed E-state index contributed by atoms with van der Waals surface area (Å²) in [6.07, 6.45) is 0. The maximum atomic E-state index is 2.48. The van der Waals surface area contributed by atoms with Crippen molar-refractivity contribution in [3.63, 3.8) is 0 Å². The highest BCUT2D eigenvalue weighted by atomic mass is 15.1. The van der Waals surface area contributed by atoms with E-state index in [9.17, 15) is 0 Å². The fourth-order valence-corrected chi connectivity index (χ4v) is 22.6. The number of hydrogen-bond acceptors (Lipinski definition) is 0. The first kappa shape index (κ1) is 80.8. The molecule has 0 bridgehead atoms. The van der Waals surface area contributed by atoms with Crippen molar-refractivity contribution in [1.29, 1.82) is 0 Å². The van der Waals surface area contributed by atoms with E-state index in [4.69, 9.17) is 0 Å². The Balaban J connectivity index is 0.0000000959. The average molecular weight is 1770 g/mol. The first-order valence-corrected chi connectivity index (χ1v) is 47.5. The molecule has 0 aliphatic rings. The van der Waals surface area contributed by atoms with E-state index in [2.05, 4.69) is 550 Å². The Bertz CT molecular complexity index is 9770. The molecule has 0 spiro atoms. The standard InChI is InChI=1S/2C37H26N2.C31H22N2.C25H18N2/c1-38-34-18-10-8-16-30(34)32-20-21-33-31-17-9-11-19-35(31)39(37(33)36(32)38)29-23-27(25-12-4-2-5-13-25)22-28(24-29)26-14-6-3-7-15-26;1-38-34-13-7-5-11-30(34)32-23-24-33-31-12-6-8-14-35(31)39(37(33)36(32)38)29-21-19-28(20-22-29)27-17-15-26(16-18-27)25-9-3-2-4-10-25;1-32-28-13-7-5-11-24(28)26-19-20-27-25-12-6-8-14-29(25)33(31(27)30(26)32)23-17-15-22(16-18-23)21-9-3-2-4-10-21;1-26-22-13-7-5-11-18(22)20-15-16-21-19-12-6-8-14-23(19)27(25(21)24(20)26)17-9-3-2-4-10-17/h2*2-24H,1H3;2-20H,1H3;2-16H,1H3. The second-order valence-electron chi connectivity index (χ2n) is 36.4. The molecular formula is C130H92N8. The van der Waals surface area contributed by atoms with Crippen molar-refractivity contribution >= 4 is 174 Å². The third-order valence-electron chi connectivity index (χ3n) is 28.9. The fourth-order valence-electron chi connectivity index (χ4n) is 22.6. The molecule has 0 aliphatic carbocycles. The number of benzene rings is 21. The Labute approximate surface area is 797 Å².